The molecule has 0 amide bonds. The second-order valence-electron chi connectivity index (χ2n) is 17.2. The van der Waals surface area contributed by atoms with Gasteiger partial charge in [0.2, 0.25) is 5.75 Å². The highest BCUT2D eigenvalue weighted by molar-refractivity contribution is 5.91. The molecule has 3 saturated heterocycles. The van der Waals surface area contributed by atoms with Crippen LogP contribution in [0.5, 0.6) is 23.0 Å². The van der Waals surface area contributed by atoms with Crippen LogP contribution in [0.25, 0.3) is 10.9 Å². The number of esters is 2. The first kappa shape index (κ1) is 50.5. The van der Waals surface area contributed by atoms with Crippen molar-refractivity contribution in [1.82, 2.24) is 9.88 Å². The molecule has 372 valence electrons. The summed E-state index contributed by atoms with van der Waals surface area (Å²) < 4.78 is 54.4. The maximum absolute atomic E-state index is 13.5. The zero-order valence-electron chi connectivity index (χ0n) is 38.0. The van der Waals surface area contributed by atoms with Gasteiger partial charge in [-0.2, -0.15) is 0 Å². The molecule has 67 heavy (non-hydrogen) atoms. The van der Waals surface area contributed by atoms with Crippen molar-refractivity contribution in [1.29, 1.82) is 0 Å². The summed E-state index contributed by atoms with van der Waals surface area (Å²) in [6.07, 6.45) is -14.7. The Kier molecular flexibility index (Phi) is 16.2. The number of aliphatic hydroxyl groups is 8. The van der Waals surface area contributed by atoms with Gasteiger partial charge in [0, 0.05) is 42.9 Å². The number of rotatable bonds is 12. The molecule has 22 nitrogen and oxygen atoms in total. The highest BCUT2D eigenvalue weighted by Crippen LogP contribution is 2.51. The van der Waals surface area contributed by atoms with Crippen LogP contribution in [0.3, 0.4) is 0 Å². The predicted molar refractivity (Wildman–Crippen MR) is 229 cm³/mol. The number of carbonyl (C=O) groups is 2. The lowest BCUT2D eigenvalue weighted by molar-refractivity contribution is -0.355. The van der Waals surface area contributed by atoms with E-state index < -0.39 is 98.7 Å². The molecule has 0 bridgehead atoms. The molecular formula is C45H62N2O20. The number of hydrogen-bond acceptors (Lipinski definition) is 21. The number of fused-ring (bicyclic) bond motifs is 6. The van der Waals surface area contributed by atoms with Gasteiger partial charge in [0.05, 0.1) is 66.3 Å². The molecular weight excluding hydrogens is 888 g/mol. The summed E-state index contributed by atoms with van der Waals surface area (Å²) in [7, 11) is 9.10. The highest BCUT2D eigenvalue weighted by atomic mass is 16.7. The van der Waals surface area contributed by atoms with Gasteiger partial charge < -0.3 is 93.2 Å². The molecule has 1 saturated carbocycles. The molecule has 1 aromatic heterocycles. The topological polar surface area (TPSA) is 307 Å². The fourth-order valence-electron chi connectivity index (χ4n) is 10.3. The largest absolute Gasteiger partial charge is 0.497 e. The first-order chi connectivity index (χ1) is 32.2. The van der Waals surface area contributed by atoms with Crippen molar-refractivity contribution < 1.29 is 97.8 Å². The molecule has 0 unspecified atom stereocenters. The molecule has 3 aromatic rings. The number of methoxy groups -OCH3 is 6. The van der Waals surface area contributed by atoms with E-state index in [4.69, 9.17) is 52.5 Å². The lowest BCUT2D eigenvalue weighted by Crippen LogP contribution is -2.64. The summed E-state index contributed by atoms with van der Waals surface area (Å²) in [6, 6.07) is 9.40. The molecule has 4 aliphatic heterocycles. The van der Waals surface area contributed by atoms with E-state index in [0.29, 0.717) is 23.7 Å². The molecule has 5 heterocycles. The summed E-state index contributed by atoms with van der Waals surface area (Å²) in [5, 5.41) is 77.7. The third-order valence-corrected chi connectivity index (χ3v) is 13.7. The molecule has 5 aliphatic rings. The molecule has 1 aliphatic carbocycles. The first-order valence-electron chi connectivity index (χ1n) is 22.0. The van der Waals surface area contributed by atoms with Gasteiger partial charge in [0.1, 0.15) is 66.8 Å². The minimum atomic E-state index is -1.74. The van der Waals surface area contributed by atoms with Crippen molar-refractivity contribution in [3.05, 3.63) is 47.2 Å². The maximum Gasteiger partial charge on any atom is 0.338 e. The first-order valence-corrected chi connectivity index (χ1v) is 22.0. The van der Waals surface area contributed by atoms with Crippen molar-refractivity contribution in [2.24, 2.45) is 17.8 Å². The van der Waals surface area contributed by atoms with E-state index in [0.717, 1.165) is 37.2 Å². The number of nitrogens with zero attached hydrogens (tertiary/aromatic N) is 1. The van der Waals surface area contributed by atoms with Crippen LogP contribution >= 0.6 is 0 Å². The standard InChI is InChI=1S/C33H40N2O9.C12H22O11/c1-38-19-7-8-20-21-9-10-35-16-18-13-27(44-32(36)17-11-25(39-2)30(41-4)26(12-17)40-3)31(42-5)28(33(37)43-6)22(18)15-24(35)29(21)34-23(20)14-19;13-1-3-5(15)6(16)9(19)12(22-3)23-10-4(2-14)21-11(20)8(18)7(10)17/h7-8,11-12,14,18,22,24,27-28,31,34H,9-10,13,15-16H2,1-6H3;3-20H,1-2H2/t18-,22+,24-,27-,28+,31+;3-,4-,5+,6+,7-,8-,9-,10-,11-,12+/m11/s1. The number of H-pyrrole nitrogens is 1. The molecule has 8 rings (SSSR count). The van der Waals surface area contributed by atoms with Crippen LogP contribution in [0, 0.1) is 17.8 Å². The van der Waals surface area contributed by atoms with Crippen molar-refractivity contribution in [3.63, 3.8) is 0 Å². The Morgan fingerprint density at radius 1 is 0.776 bits per heavy atom. The zero-order valence-corrected chi connectivity index (χ0v) is 38.0. The third kappa shape index (κ3) is 9.78. The Morgan fingerprint density at radius 3 is 2.09 bits per heavy atom. The molecule has 4 fully saturated rings. The number of aromatic amines is 1. The van der Waals surface area contributed by atoms with Gasteiger partial charge in [-0.1, -0.05) is 0 Å². The summed E-state index contributed by atoms with van der Waals surface area (Å²) in [6.45, 7) is 0.338. The number of aliphatic hydroxyl groups excluding tert-OH is 8. The average Bonchev–Trinajstić information content (AvgIpc) is 3.73. The van der Waals surface area contributed by atoms with Crippen molar-refractivity contribution in [2.75, 3.05) is 69.0 Å². The van der Waals surface area contributed by atoms with Crippen LogP contribution in [-0.2, 0) is 39.6 Å². The van der Waals surface area contributed by atoms with Crippen LogP contribution in [0.15, 0.2) is 30.3 Å². The fourth-order valence-corrected chi connectivity index (χ4v) is 10.3. The SMILES string of the molecule is COC(=O)[C@H]1[C@H]2C[C@@H]3c4[nH]c5cc(OC)ccc5c4CCN3C[C@H]2C[C@@H](OC(=O)c2cc(OC)c(OC)c(OC)c2)[C@@H]1OC.OC[C@H]1O[C@@H](O[C@H]2[C@H](O)[C@@H](O)[C@H](O)O[C@@H]2CO)[C@H](O)[C@@H](O)[C@H]1O. The molecule has 9 N–H and O–H groups in total. The van der Waals surface area contributed by atoms with E-state index in [1.54, 1.807) is 26.4 Å². The van der Waals surface area contributed by atoms with Crippen LogP contribution < -0.4 is 18.9 Å². The number of benzene rings is 2. The lowest BCUT2D eigenvalue weighted by atomic mass is 9.63. The minimum Gasteiger partial charge on any atom is -0.497 e. The van der Waals surface area contributed by atoms with E-state index in [9.17, 15) is 45.3 Å². The van der Waals surface area contributed by atoms with Gasteiger partial charge in [-0.25, -0.2) is 4.79 Å². The molecule has 16 atom stereocenters. The second kappa shape index (κ2) is 21.5. The smallest absolute Gasteiger partial charge is 0.338 e. The number of aromatic nitrogens is 1. The monoisotopic (exact) mass is 950 g/mol. The minimum absolute atomic E-state index is 0.0170. The van der Waals surface area contributed by atoms with Gasteiger partial charge in [0.25, 0.3) is 0 Å². The molecule has 2 aromatic carbocycles. The van der Waals surface area contributed by atoms with Crippen LogP contribution in [-0.4, -0.2) is 205 Å². The summed E-state index contributed by atoms with van der Waals surface area (Å²) >= 11 is 0. The van der Waals surface area contributed by atoms with Crippen LogP contribution in [0.1, 0.15) is 40.5 Å². The van der Waals surface area contributed by atoms with Crippen LogP contribution in [0.2, 0.25) is 0 Å². The van der Waals surface area contributed by atoms with Gasteiger partial charge >= 0.3 is 11.9 Å². The van der Waals surface area contributed by atoms with Crippen LogP contribution in [0.4, 0.5) is 0 Å². The average molecular weight is 951 g/mol. The van der Waals surface area contributed by atoms with E-state index in [1.165, 1.54) is 45.1 Å². The number of ether oxygens (including phenoxy) is 10. The Bertz CT molecular complexity index is 2140. The van der Waals surface area contributed by atoms with E-state index in [1.807, 2.05) is 12.1 Å². The van der Waals surface area contributed by atoms with Gasteiger partial charge in [0.15, 0.2) is 24.1 Å². The fraction of sp³-hybridized carbons (Fsp3) is 0.644. The quantitative estimate of drug-likeness (QED) is 0.0961. The Balaban J connectivity index is 0.000000244. The maximum atomic E-state index is 13.5. The zero-order chi connectivity index (χ0) is 48.4. The lowest BCUT2D eigenvalue weighted by Gasteiger charge is -2.52. The summed E-state index contributed by atoms with van der Waals surface area (Å²) in [4.78, 5) is 33.1. The van der Waals surface area contributed by atoms with E-state index in [2.05, 4.69) is 16.0 Å². The number of hydrogen-bond donors (Lipinski definition) is 9. The number of nitrogens with one attached hydrogen (secondary N) is 1. The Morgan fingerprint density at radius 2 is 1.48 bits per heavy atom. The summed E-state index contributed by atoms with van der Waals surface area (Å²) in [5.41, 5.74) is 3.83. The molecule has 0 spiro atoms. The number of piperidine rings is 1. The van der Waals surface area contributed by atoms with Crippen molar-refractivity contribution in [3.8, 4) is 23.0 Å². The number of carbonyl (C=O) groups excluding carboxylic acids is 2. The Labute approximate surface area is 385 Å². The van der Waals surface area contributed by atoms with Gasteiger partial charge in [-0.15, -0.1) is 0 Å². The predicted octanol–water partition coefficient (Wildman–Crippen LogP) is -1.23. The van der Waals surface area contributed by atoms with Gasteiger partial charge in [-0.3, -0.25) is 9.69 Å². The summed E-state index contributed by atoms with van der Waals surface area (Å²) in [5.74, 6) is 0.441. The van der Waals surface area contributed by atoms with Crippen molar-refractivity contribution in [2.45, 2.75) is 98.9 Å². The van der Waals surface area contributed by atoms with E-state index in [-0.39, 0.29) is 29.4 Å². The highest BCUT2D eigenvalue weighted by Gasteiger charge is 2.55. The normalized spacial score (nSPS) is 34.9. The van der Waals surface area contributed by atoms with E-state index >= 15 is 0 Å². The van der Waals surface area contributed by atoms with Gasteiger partial charge in [-0.05, 0) is 60.9 Å². The Hall–Kier alpha value is -4.40. The third-order valence-electron chi connectivity index (χ3n) is 13.7. The molecule has 22 heteroatoms. The second-order valence-corrected chi connectivity index (χ2v) is 17.2. The molecule has 0 radical (unpaired) electrons. The van der Waals surface area contributed by atoms with Crippen molar-refractivity contribution >= 4 is 22.8 Å².